The topological polar surface area (TPSA) is 55.1 Å². The highest BCUT2D eigenvalue weighted by Gasteiger charge is 2.40. The fourth-order valence-electron chi connectivity index (χ4n) is 3.21. The van der Waals surface area contributed by atoms with Crippen LogP contribution in [-0.2, 0) is 15.7 Å². The SMILES string of the molecule is CC(C)(C(=O)NC1CCCC1)c1ccc(C2(N)CC2)cc1. The van der Waals surface area contributed by atoms with E-state index in [1.165, 1.54) is 18.4 Å². The van der Waals surface area contributed by atoms with Crippen molar-refractivity contribution in [3.05, 3.63) is 35.4 Å². The highest BCUT2D eigenvalue weighted by Crippen LogP contribution is 2.43. The molecule has 3 rings (SSSR count). The molecule has 3 N–H and O–H groups in total. The van der Waals surface area contributed by atoms with E-state index in [0.29, 0.717) is 6.04 Å². The lowest BCUT2D eigenvalue weighted by Crippen LogP contribution is -2.44. The van der Waals surface area contributed by atoms with Crippen LogP contribution in [0.3, 0.4) is 0 Å². The molecule has 2 saturated carbocycles. The Bertz CT molecular complexity index is 523. The molecule has 114 valence electrons. The average molecular weight is 286 g/mol. The summed E-state index contributed by atoms with van der Waals surface area (Å²) in [5.41, 5.74) is 7.87. The largest absolute Gasteiger partial charge is 0.353 e. The second-order valence-corrected chi connectivity index (χ2v) is 7.31. The molecule has 2 fully saturated rings. The van der Waals surface area contributed by atoms with Gasteiger partial charge in [0.05, 0.1) is 5.41 Å². The Balaban J connectivity index is 1.72. The molecule has 1 aromatic carbocycles. The first-order valence-electron chi connectivity index (χ1n) is 8.13. The molecule has 2 aliphatic carbocycles. The molecule has 0 aromatic heterocycles. The van der Waals surface area contributed by atoms with Gasteiger partial charge in [-0.1, -0.05) is 37.1 Å². The number of nitrogens with one attached hydrogen (secondary N) is 1. The first kappa shape index (κ1) is 14.6. The van der Waals surface area contributed by atoms with E-state index in [0.717, 1.165) is 31.2 Å². The summed E-state index contributed by atoms with van der Waals surface area (Å²) >= 11 is 0. The van der Waals surface area contributed by atoms with Gasteiger partial charge in [-0.05, 0) is 50.7 Å². The van der Waals surface area contributed by atoms with Crippen LogP contribution in [0.1, 0.15) is 63.5 Å². The summed E-state index contributed by atoms with van der Waals surface area (Å²) in [5, 5.41) is 3.21. The molecule has 3 heteroatoms. The highest BCUT2D eigenvalue weighted by molar-refractivity contribution is 5.87. The van der Waals surface area contributed by atoms with Crippen molar-refractivity contribution in [3.63, 3.8) is 0 Å². The van der Waals surface area contributed by atoms with Crippen molar-refractivity contribution in [2.45, 2.75) is 69.4 Å². The summed E-state index contributed by atoms with van der Waals surface area (Å²) in [6, 6.07) is 8.68. The molecule has 0 atom stereocenters. The molecule has 1 aromatic rings. The molecular formula is C18H26N2O. The van der Waals surface area contributed by atoms with Gasteiger partial charge in [-0.25, -0.2) is 0 Å². The van der Waals surface area contributed by atoms with Gasteiger partial charge >= 0.3 is 0 Å². The predicted octanol–water partition coefficient (Wildman–Crippen LogP) is 2.97. The van der Waals surface area contributed by atoms with Crippen molar-refractivity contribution < 1.29 is 4.79 Å². The zero-order valence-corrected chi connectivity index (χ0v) is 13.1. The lowest BCUT2D eigenvalue weighted by atomic mass is 9.82. The Kier molecular flexibility index (Phi) is 3.56. The van der Waals surface area contributed by atoms with Crippen LogP contribution in [-0.4, -0.2) is 11.9 Å². The van der Waals surface area contributed by atoms with E-state index < -0.39 is 5.41 Å². The van der Waals surface area contributed by atoms with E-state index in [1.807, 2.05) is 13.8 Å². The van der Waals surface area contributed by atoms with Gasteiger partial charge in [0.2, 0.25) is 5.91 Å². The normalized spacial score (nSPS) is 21.3. The van der Waals surface area contributed by atoms with E-state index in [-0.39, 0.29) is 11.4 Å². The summed E-state index contributed by atoms with van der Waals surface area (Å²) in [6.45, 7) is 4.00. The second-order valence-electron chi connectivity index (χ2n) is 7.31. The number of nitrogens with two attached hydrogens (primary N) is 1. The van der Waals surface area contributed by atoms with Crippen molar-refractivity contribution in [2.75, 3.05) is 0 Å². The molecule has 0 radical (unpaired) electrons. The van der Waals surface area contributed by atoms with Crippen LogP contribution in [0.4, 0.5) is 0 Å². The number of carbonyl (C=O) groups excluding carboxylic acids is 1. The molecule has 0 heterocycles. The van der Waals surface area contributed by atoms with Crippen molar-refractivity contribution in [3.8, 4) is 0 Å². The van der Waals surface area contributed by atoms with Crippen LogP contribution >= 0.6 is 0 Å². The van der Waals surface area contributed by atoms with Crippen molar-refractivity contribution in [1.82, 2.24) is 5.32 Å². The summed E-state index contributed by atoms with van der Waals surface area (Å²) < 4.78 is 0. The Morgan fingerprint density at radius 2 is 1.76 bits per heavy atom. The number of benzene rings is 1. The Morgan fingerprint density at radius 1 is 1.19 bits per heavy atom. The summed E-state index contributed by atoms with van der Waals surface area (Å²) in [4.78, 5) is 12.6. The molecule has 0 bridgehead atoms. The quantitative estimate of drug-likeness (QED) is 0.894. The van der Waals surface area contributed by atoms with Gasteiger partial charge in [0.1, 0.15) is 0 Å². The van der Waals surface area contributed by atoms with Gasteiger partial charge in [0.15, 0.2) is 0 Å². The predicted molar refractivity (Wildman–Crippen MR) is 85.0 cm³/mol. The monoisotopic (exact) mass is 286 g/mol. The van der Waals surface area contributed by atoms with E-state index in [4.69, 9.17) is 5.73 Å². The lowest BCUT2D eigenvalue weighted by molar-refractivity contribution is -0.126. The van der Waals surface area contributed by atoms with Crippen LogP contribution in [0.25, 0.3) is 0 Å². The molecule has 0 unspecified atom stereocenters. The third-order valence-corrected chi connectivity index (χ3v) is 5.23. The van der Waals surface area contributed by atoms with Gasteiger partial charge in [0.25, 0.3) is 0 Å². The van der Waals surface area contributed by atoms with Gasteiger partial charge in [0, 0.05) is 11.6 Å². The Morgan fingerprint density at radius 3 is 2.29 bits per heavy atom. The molecule has 0 aliphatic heterocycles. The van der Waals surface area contributed by atoms with Gasteiger partial charge < -0.3 is 11.1 Å². The van der Waals surface area contributed by atoms with Crippen LogP contribution in [0, 0.1) is 0 Å². The molecule has 3 nitrogen and oxygen atoms in total. The third-order valence-electron chi connectivity index (χ3n) is 5.23. The van der Waals surface area contributed by atoms with Crippen LogP contribution < -0.4 is 11.1 Å². The molecular weight excluding hydrogens is 260 g/mol. The maximum atomic E-state index is 12.6. The van der Waals surface area contributed by atoms with E-state index in [1.54, 1.807) is 0 Å². The minimum absolute atomic E-state index is 0.102. The van der Waals surface area contributed by atoms with Crippen LogP contribution in [0.2, 0.25) is 0 Å². The Labute approximate surface area is 127 Å². The van der Waals surface area contributed by atoms with Gasteiger partial charge in [-0.15, -0.1) is 0 Å². The standard InChI is InChI=1S/C18H26N2O/c1-17(2,16(21)20-15-5-3-4-6-15)13-7-9-14(10-8-13)18(19)11-12-18/h7-10,15H,3-6,11-12,19H2,1-2H3,(H,20,21). The second kappa shape index (κ2) is 5.13. The Hall–Kier alpha value is -1.35. The minimum Gasteiger partial charge on any atom is -0.353 e. The number of hydrogen-bond donors (Lipinski definition) is 2. The first-order chi connectivity index (χ1) is 9.92. The molecule has 21 heavy (non-hydrogen) atoms. The first-order valence-corrected chi connectivity index (χ1v) is 8.13. The van der Waals surface area contributed by atoms with Crippen LogP contribution in [0.5, 0.6) is 0 Å². The summed E-state index contributed by atoms with van der Waals surface area (Å²) in [5.74, 6) is 0.135. The van der Waals surface area contributed by atoms with E-state index >= 15 is 0 Å². The maximum absolute atomic E-state index is 12.6. The third kappa shape index (κ3) is 2.84. The van der Waals surface area contributed by atoms with Gasteiger partial charge in [-0.3, -0.25) is 4.79 Å². The fraction of sp³-hybridized carbons (Fsp3) is 0.611. The maximum Gasteiger partial charge on any atom is 0.230 e. The number of amides is 1. The molecule has 0 saturated heterocycles. The number of carbonyl (C=O) groups is 1. The minimum atomic E-state index is -0.494. The lowest BCUT2D eigenvalue weighted by Gasteiger charge is -2.27. The summed E-state index contributed by atoms with van der Waals surface area (Å²) in [6.07, 6.45) is 6.85. The molecule has 2 aliphatic rings. The smallest absolute Gasteiger partial charge is 0.230 e. The zero-order chi connectivity index (χ0) is 15.1. The summed E-state index contributed by atoms with van der Waals surface area (Å²) in [7, 11) is 0. The fourth-order valence-corrected chi connectivity index (χ4v) is 3.21. The zero-order valence-electron chi connectivity index (χ0n) is 13.1. The van der Waals surface area contributed by atoms with E-state index in [2.05, 4.69) is 29.6 Å². The number of hydrogen-bond acceptors (Lipinski definition) is 2. The number of rotatable bonds is 4. The van der Waals surface area contributed by atoms with Crippen molar-refractivity contribution in [2.24, 2.45) is 5.73 Å². The molecule has 0 spiro atoms. The molecule has 1 amide bonds. The average Bonchev–Trinajstić information content (AvgIpc) is 3.01. The van der Waals surface area contributed by atoms with E-state index in [9.17, 15) is 4.79 Å². The highest BCUT2D eigenvalue weighted by atomic mass is 16.2. The van der Waals surface area contributed by atoms with Crippen LogP contribution in [0.15, 0.2) is 24.3 Å². The van der Waals surface area contributed by atoms with Crippen molar-refractivity contribution in [1.29, 1.82) is 0 Å². The van der Waals surface area contributed by atoms with Gasteiger partial charge in [-0.2, -0.15) is 0 Å². The van der Waals surface area contributed by atoms with Crippen molar-refractivity contribution >= 4 is 5.91 Å².